The molecule has 4 N–H and O–H groups in total. The minimum atomic E-state index is -0.431. The largest absolute Gasteiger partial charge is 0.370 e. The highest BCUT2D eigenvalue weighted by Crippen LogP contribution is 2.06. The molecule has 0 saturated carbocycles. The molecule has 0 aliphatic carbocycles. The van der Waals surface area contributed by atoms with Gasteiger partial charge >= 0.3 is 0 Å². The van der Waals surface area contributed by atoms with Crippen LogP contribution in [-0.4, -0.2) is 17.0 Å². The third-order valence-corrected chi connectivity index (χ3v) is 1.62. The molecule has 0 aliphatic rings. The molecule has 5 heteroatoms. The summed E-state index contributed by atoms with van der Waals surface area (Å²) in [5, 5.41) is 8.22. The lowest BCUT2D eigenvalue weighted by Gasteiger charge is -2.06. The van der Waals surface area contributed by atoms with Gasteiger partial charge in [-0.25, -0.2) is 5.48 Å². The molecule has 0 heterocycles. The van der Waals surface area contributed by atoms with E-state index in [-0.39, 0.29) is 18.2 Å². The van der Waals surface area contributed by atoms with E-state index in [2.05, 4.69) is 0 Å². The summed E-state index contributed by atoms with van der Waals surface area (Å²) in [6, 6.07) is 0. The first-order valence-corrected chi connectivity index (χ1v) is 3.80. The number of primary amides is 1. The van der Waals surface area contributed by atoms with E-state index in [0.717, 1.165) is 0 Å². The maximum atomic E-state index is 10.7. The number of nitrogens with two attached hydrogens (primary N) is 1. The number of rotatable bonds is 5. The summed E-state index contributed by atoms with van der Waals surface area (Å²) in [6.45, 7) is 1.67. The normalized spacial score (nSPS) is 12.2. The van der Waals surface area contributed by atoms with Gasteiger partial charge in [-0.2, -0.15) is 0 Å². The molecule has 5 nitrogen and oxygen atoms in total. The Kier molecular flexibility index (Phi) is 5.03. The number of carbonyl (C=O) groups excluding carboxylic acids is 2. The van der Waals surface area contributed by atoms with Gasteiger partial charge in [0.25, 0.3) is 0 Å². The van der Waals surface area contributed by atoms with Gasteiger partial charge in [0, 0.05) is 12.3 Å². The summed E-state index contributed by atoms with van der Waals surface area (Å²) < 4.78 is 0. The van der Waals surface area contributed by atoms with Gasteiger partial charge < -0.3 is 5.73 Å². The molecule has 0 aromatic heterocycles. The van der Waals surface area contributed by atoms with E-state index in [4.69, 9.17) is 10.9 Å². The average molecular weight is 174 g/mol. The van der Waals surface area contributed by atoms with Crippen molar-refractivity contribution in [3.63, 3.8) is 0 Å². The minimum Gasteiger partial charge on any atom is -0.370 e. The standard InChI is InChI=1S/C7H14N2O3/c1-5(7(11)9-12)3-2-4-6(8)10/h5,12H,2-4H2,1H3,(H2,8,10)(H,9,11). The molecule has 0 fully saturated rings. The Hall–Kier alpha value is -1.10. The van der Waals surface area contributed by atoms with E-state index in [0.29, 0.717) is 12.8 Å². The van der Waals surface area contributed by atoms with Crippen molar-refractivity contribution in [2.75, 3.05) is 0 Å². The third kappa shape index (κ3) is 4.68. The summed E-state index contributed by atoms with van der Waals surface area (Å²) in [4.78, 5) is 21.0. The fourth-order valence-corrected chi connectivity index (χ4v) is 0.824. The second-order valence-electron chi connectivity index (χ2n) is 2.74. The Balaban J connectivity index is 3.50. The zero-order valence-electron chi connectivity index (χ0n) is 7.04. The zero-order chi connectivity index (χ0) is 9.56. The first kappa shape index (κ1) is 10.9. The lowest BCUT2D eigenvalue weighted by atomic mass is 10.0. The van der Waals surface area contributed by atoms with Crippen LogP contribution in [0.15, 0.2) is 0 Å². The highest BCUT2D eigenvalue weighted by molar-refractivity contribution is 5.77. The Morgan fingerprint density at radius 3 is 2.58 bits per heavy atom. The molecule has 0 rings (SSSR count). The van der Waals surface area contributed by atoms with Crippen LogP contribution in [0.1, 0.15) is 26.2 Å². The van der Waals surface area contributed by atoms with Gasteiger partial charge in [-0.05, 0) is 12.8 Å². The molecule has 0 spiro atoms. The van der Waals surface area contributed by atoms with Gasteiger partial charge in [-0.1, -0.05) is 6.92 Å². The van der Waals surface area contributed by atoms with E-state index in [9.17, 15) is 9.59 Å². The number of hydroxylamine groups is 1. The second kappa shape index (κ2) is 5.54. The fourth-order valence-electron chi connectivity index (χ4n) is 0.824. The number of hydrogen-bond donors (Lipinski definition) is 3. The van der Waals surface area contributed by atoms with E-state index < -0.39 is 5.91 Å². The van der Waals surface area contributed by atoms with Crippen LogP contribution in [0.2, 0.25) is 0 Å². The maximum Gasteiger partial charge on any atom is 0.246 e. The number of nitrogens with one attached hydrogen (secondary N) is 1. The predicted octanol–water partition coefficient (Wildman–Crippen LogP) is -0.216. The van der Waals surface area contributed by atoms with Crippen molar-refractivity contribution in [1.82, 2.24) is 5.48 Å². The van der Waals surface area contributed by atoms with Crippen LogP contribution in [0.4, 0.5) is 0 Å². The van der Waals surface area contributed by atoms with E-state index >= 15 is 0 Å². The first-order chi connectivity index (χ1) is 5.57. The highest BCUT2D eigenvalue weighted by Gasteiger charge is 2.11. The van der Waals surface area contributed by atoms with Crippen molar-refractivity contribution in [2.45, 2.75) is 26.2 Å². The summed E-state index contributed by atoms with van der Waals surface area (Å²) in [7, 11) is 0. The van der Waals surface area contributed by atoms with Crippen molar-refractivity contribution in [2.24, 2.45) is 11.7 Å². The van der Waals surface area contributed by atoms with Crippen LogP contribution in [0, 0.1) is 5.92 Å². The second-order valence-corrected chi connectivity index (χ2v) is 2.74. The molecule has 1 unspecified atom stereocenters. The maximum absolute atomic E-state index is 10.7. The Morgan fingerprint density at radius 2 is 2.17 bits per heavy atom. The quantitative estimate of drug-likeness (QED) is 0.397. The molecular formula is C7H14N2O3. The van der Waals surface area contributed by atoms with E-state index in [1.54, 1.807) is 12.4 Å². The molecule has 0 aromatic carbocycles. The third-order valence-electron chi connectivity index (χ3n) is 1.62. The van der Waals surface area contributed by atoms with Crippen LogP contribution in [0.25, 0.3) is 0 Å². The van der Waals surface area contributed by atoms with Gasteiger partial charge in [0.2, 0.25) is 11.8 Å². The average Bonchev–Trinajstić information content (AvgIpc) is 2.02. The van der Waals surface area contributed by atoms with Crippen molar-refractivity contribution in [3.05, 3.63) is 0 Å². The van der Waals surface area contributed by atoms with Crippen LogP contribution < -0.4 is 11.2 Å². The van der Waals surface area contributed by atoms with Crippen molar-refractivity contribution >= 4 is 11.8 Å². The van der Waals surface area contributed by atoms with Gasteiger partial charge in [0.05, 0.1) is 0 Å². The number of carbonyl (C=O) groups is 2. The van der Waals surface area contributed by atoms with Gasteiger partial charge in [0.15, 0.2) is 0 Å². The van der Waals surface area contributed by atoms with Gasteiger partial charge in [-0.3, -0.25) is 14.8 Å². The lowest BCUT2D eigenvalue weighted by Crippen LogP contribution is -2.26. The number of amides is 2. The molecule has 0 radical (unpaired) electrons. The number of hydrogen-bond acceptors (Lipinski definition) is 3. The lowest BCUT2D eigenvalue weighted by molar-refractivity contribution is -0.133. The summed E-state index contributed by atoms with van der Waals surface area (Å²) in [6.07, 6.45) is 1.41. The van der Waals surface area contributed by atoms with Crippen LogP contribution in [0.3, 0.4) is 0 Å². The summed E-state index contributed by atoms with van der Waals surface area (Å²) >= 11 is 0. The molecule has 0 saturated heterocycles. The van der Waals surface area contributed by atoms with Gasteiger partial charge in [0.1, 0.15) is 0 Å². The zero-order valence-corrected chi connectivity index (χ0v) is 7.04. The molecule has 70 valence electrons. The first-order valence-electron chi connectivity index (χ1n) is 3.80. The molecule has 2 amide bonds. The highest BCUT2D eigenvalue weighted by atomic mass is 16.5. The Morgan fingerprint density at radius 1 is 1.58 bits per heavy atom. The molecule has 0 aliphatic heterocycles. The predicted molar refractivity (Wildman–Crippen MR) is 42.1 cm³/mol. The smallest absolute Gasteiger partial charge is 0.246 e. The molecular weight excluding hydrogens is 160 g/mol. The molecule has 1 atom stereocenters. The molecule has 0 aromatic rings. The van der Waals surface area contributed by atoms with E-state index in [1.807, 2.05) is 0 Å². The van der Waals surface area contributed by atoms with Crippen molar-refractivity contribution < 1.29 is 14.8 Å². The topological polar surface area (TPSA) is 92.4 Å². The fraction of sp³-hybridized carbons (Fsp3) is 0.714. The monoisotopic (exact) mass is 174 g/mol. The molecule has 0 bridgehead atoms. The summed E-state index contributed by atoms with van der Waals surface area (Å²) in [5.41, 5.74) is 6.45. The van der Waals surface area contributed by atoms with Crippen LogP contribution >= 0.6 is 0 Å². The van der Waals surface area contributed by atoms with Gasteiger partial charge in [-0.15, -0.1) is 0 Å². The van der Waals surface area contributed by atoms with E-state index in [1.165, 1.54) is 0 Å². The molecule has 12 heavy (non-hydrogen) atoms. The van der Waals surface area contributed by atoms with Crippen molar-refractivity contribution in [1.29, 1.82) is 0 Å². The SMILES string of the molecule is CC(CCCC(N)=O)C(=O)NO. The Labute approximate surface area is 70.9 Å². The summed E-state index contributed by atoms with van der Waals surface area (Å²) in [5.74, 6) is -1.08. The Bertz CT molecular complexity index is 170. The van der Waals surface area contributed by atoms with Crippen LogP contribution in [-0.2, 0) is 9.59 Å². The minimum absolute atomic E-state index is 0.281. The van der Waals surface area contributed by atoms with Crippen LogP contribution in [0.5, 0.6) is 0 Å². The van der Waals surface area contributed by atoms with Crippen molar-refractivity contribution in [3.8, 4) is 0 Å².